The molecule has 0 aliphatic rings. The van der Waals surface area contributed by atoms with Crippen LogP contribution in [0.4, 0.5) is 27.7 Å². The van der Waals surface area contributed by atoms with E-state index in [-0.39, 0.29) is 5.69 Å². The second-order valence-corrected chi connectivity index (χ2v) is 10.1. The van der Waals surface area contributed by atoms with Gasteiger partial charge in [-0.05, 0) is 53.9 Å². The minimum atomic E-state index is -0.461. The molecule has 4 aromatic rings. The van der Waals surface area contributed by atoms with E-state index < -0.39 is 11.0 Å². The zero-order valence-electron chi connectivity index (χ0n) is 27.0. The first-order chi connectivity index (χ1) is 22.6. The number of alkyl halides is 1. The predicted molar refractivity (Wildman–Crippen MR) is 184 cm³/mol. The summed E-state index contributed by atoms with van der Waals surface area (Å²) in [5, 5.41) is 16.5. The highest BCUT2D eigenvalue weighted by atomic mass is 79.9. The van der Waals surface area contributed by atoms with Crippen molar-refractivity contribution in [3.63, 3.8) is 0 Å². The van der Waals surface area contributed by atoms with Crippen LogP contribution in [0.5, 0.6) is 17.2 Å². The molecule has 252 valence electrons. The molecule has 4 rings (SSSR count). The average Bonchev–Trinajstić information content (AvgIpc) is 3.07. The number of methoxy groups -OCH3 is 5. The summed E-state index contributed by atoms with van der Waals surface area (Å²) in [5.41, 5.74) is 10.6. The van der Waals surface area contributed by atoms with E-state index >= 15 is 0 Å². The van der Waals surface area contributed by atoms with Crippen molar-refractivity contribution < 1.29 is 33.4 Å². The Morgan fingerprint density at radius 1 is 0.809 bits per heavy atom. The Bertz CT molecular complexity index is 1590. The van der Waals surface area contributed by atoms with E-state index in [1.165, 1.54) is 19.4 Å². The maximum atomic E-state index is 12.0. The Kier molecular flexibility index (Phi) is 16.4. The van der Waals surface area contributed by atoms with Gasteiger partial charge in [0.2, 0.25) is 0 Å². The topological polar surface area (TPSA) is 182 Å². The van der Waals surface area contributed by atoms with Crippen LogP contribution in [0.2, 0.25) is 0 Å². The SMILES string of the molecule is COCc1ccc(N)c(OC)c1.COCc1ccc(NC(=O)Nc2cnc(C)cn2)c(OC)c1.COc1cc(CBr)ccc1[N+](=O)[O-]. The van der Waals surface area contributed by atoms with Gasteiger partial charge in [-0.15, -0.1) is 0 Å². The second-order valence-electron chi connectivity index (χ2n) is 9.50. The van der Waals surface area contributed by atoms with E-state index in [1.54, 1.807) is 52.8 Å². The van der Waals surface area contributed by atoms with E-state index in [2.05, 4.69) is 36.5 Å². The van der Waals surface area contributed by atoms with Gasteiger partial charge in [0, 0.05) is 25.6 Å². The largest absolute Gasteiger partial charge is 0.495 e. The van der Waals surface area contributed by atoms with Gasteiger partial charge in [0.25, 0.3) is 0 Å². The maximum absolute atomic E-state index is 12.0. The van der Waals surface area contributed by atoms with Crippen molar-refractivity contribution >= 4 is 44.8 Å². The number of carbonyl (C=O) groups excluding carboxylic acids is 1. The first-order valence-electron chi connectivity index (χ1n) is 13.9. The van der Waals surface area contributed by atoms with Gasteiger partial charge in [0.05, 0.1) is 68.9 Å². The highest BCUT2D eigenvalue weighted by Gasteiger charge is 2.14. The van der Waals surface area contributed by atoms with E-state index in [9.17, 15) is 14.9 Å². The molecule has 1 heterocycles. The summed E-state index contributed by atoms with van der Waals surface area (Å²) in [7, 11) is 7.83. The lowest BCUT2D eigenvalue weighted by Gasteiger charge is -2.12. The lowest BCUT2D eigenvalue weighted by molar-refractivity contribution is -0.385. The van der Waals surface area contributed by atoms with Gasteiger partial charge < -0.3 is 34.7 Å². The summed E-state index contributed by atoms with van der Waals surface area (Å²) in [6.45, 7) is 2.88. The van der Waals surface area contributed by atoms with Crippen LogP contribution in [0.25, 0.3) is 0 Å². The number of benzene rings is 3. The Morgan fingerprint density at radius 3 is 1.91 bits per heavy atom. The minimum Gasteiger partial charge on any atom is -0.495 e. The third kappa shape index (κ3) is 12.7. The third-order valence-corrected chi connectivity index (χ3v) is 6.70. The molecule has 3 aromatic carbocycles. The number of hydrogen-bond donors (Lipinski definition) is 3. The number of aromatic nitrogens is 2. The molecule has 2 amide bonds. The van der Waals surface area contributed by atoms with Crippen LogP contribution in [-0.2, 0) is 28.0 Å². The van der Waals surface area contributed by atoms with Crippen molar-refractivity contribution in [1.82, 2.24) is 9.97 Å². The molecule has 0 saturated heterocycles. The van der Waals surface area contributed by atoms with Crippen LogP contribution in [-0.4, -0.2) is 56.5 Å². The minimum absolute atomic E-state index is 0.00722. The van der Waals surface area contributed by atoms with Crippen molar-refractivity contribution in [2.75, 3.05) is 51.9 Å². The lowest BCUT2D eigenvalue weighted by Crippen LogP contribution is -2.20. The molecule has 0 saturated carbocycles. The third-order valence-electron chi connectivity index (χ3n) is 6.05. The number of nitro groups is 1. The molecule has 47 heavy (non-hydrogen) atoms. The Balaban J connectivity index is 0.000000263. The average molecular weight is 716 g/mol. The van der Waals surface area contributed by atoms with Crippen LogP contribution >= 0.6 is 15.9 Å². The molecular formula is C32H39BrN6O8. The number of carbonyl (C=O) groups is 1. The molecule has 0 radical (unpaired) electrons. The maximum Gasteiger partial charge on any atom is 0.324 e. The van der Waals surface area contributed by atoms with E-state index in [0.717, 1.165) is 22.4 Å². The van der Waals surface area contributed by atoms with Crippen LogP contribution in [0.1, 0.15) is 22.4 Å². The number of nitrogens with two attached hydrogens (primary N) is 1. The fourth-order valence-corrected chi connectivity index (χ4v) is 4.14. The van der Waals surface area contributed by atoms with Crippen molar-refractivity contribution in [3.8, 4) is 17.2 Å². The summed E-state index contributed by atoms with van der Waals surface area (Å²) in [6.07, 6.45) is 3.07. The van der Waals surface area contributed by atoms with Crippen molar-refractivity contribution in [2.45, 2.75) is 25.5 Å². The van der Waals surface area contributed by atoms with Crippen LogP contribution in [0, 0.1) is 17.0 Å². The molecule has 0 unspecified atom stereocenters. The normalized spacial score (nSPS) is 9.94. The monoisotopic (exact) mass is 714 g/mol. The Hall–Kier alpha value is -4.99. The number of halogens is 1. The molecule has 0 bridgehead atoms. The Labute approximate surface area is 281 Å². The first-order valence-corrected chi connectivity index (χ1v) is 15.0. The number of nitrogen functional groups attached to an aromatic ring is 1. The van der Waals surface area contributed by atoms with Crippen LogP contribution in [0.15, 0.2) is 67.0 Å². The summed E-state index contributed by atoms with van der Waals surface area (Å²) in [6, 6.07) is 15.4. The molecule has 0 fully saturated rings. The molecule has 0 spiro atoms. The fourth-order valence-electron chi connectivity index (χ4n) is 3.79. The smallest absolute Gasteiger partial charge is 0.324 e. The number of ether oxygens (including phenoxy) is 5. The highest BCUT2D eigenvalue weighted by Crippen LogP contribution is 2.28. The summed E-state index contributed by atoms with van der Waals surface area (Å²) >= 11 is 3.26. The number of rotatable bonds is 11. The van der Waals surface area contributed by atoms with Gasteiger partial charge in [-0.2, -0.15) is 0 Å². The molecule has 4 N–H and O–H groups in total. The van der Waals surface area contributed by atoms with Gasteiger partial charge in [-0.1, -0.05) is 34.1 Å². The van der Waals surface area contributed by atoms with Gasteiger partial charge in [-0.3, -0.25) is 20.4 Å². The highest BCUT2D eigenvalue weighted by molar-refractivity contribution is 9.08. The van der Waals surface area contributed by atoms with Crippen LogP contribution in [0.3, 0.4) is 0 Å². The van der Waals surface area contributed by atoms with Crippen molar-refractivity contribution in [1.29, 1.82) is 0 Å². The zero-order chi connectivity index (χ0) is 34.8. The number of hydrogen-bond acceptors (Lipinski definition) is 11. The van der Waals surface area contributed by atoms with E-state index in [1.807, 2.05) is 37.3 Å². The standard InChI is InChI=1S/C15H18N4O3.C9H13NO2.C8H8BrNO3/c1-10-7-17-14(8-16-10)19-15(20)18-12-5-4-11(9-21-2)6-13(12)22-3;1-11-6-7-3-4-8(10)9(5-7)12-2;1-13-8-4-6(5-9)2-3-7(8)10(11)12/h4-8H,9H2,1-3H3,(H2,17,18,19,20);3-5H,6,10H2,1-2H3;2-4H,5H2,1H3. The quantitative estimate of drug-likeness (QED) is 0.0667. The number of amides is 2. The first kappa shape index (κ1) is 38.2. The molecule has 0 aliphatic heterocycles. The fraction of sp³-hybridized carbons (Fsp3) is 0.281. The summed E-state index contributed by atoms with van der Waals surface area (Å²) in [5.74, 6) is 1.92. The molecule has 15 heteroatoms. The number of nitrogens with one attached hydrogen (secondary N) is 2. The zero-order valence-corrected chi connectivity index (χ0v) is 28.6. The van der Waals surface area contributed by atoms with Gasteiger partial charge >= 0.3 is 11.7 Å². The van der Waals surface area contributed by atoms with Crippen LogP contribution < -0.4 is 30.6 Å². The lowest BCUT2D eigenvalue weighted by atomic mass is 10.2. The number of nitrogens with zero attached hydrogens (tertiary/aromatic N) is 3. The number of aryl methyl sites for hydroxylation is 1. The van der Waals surface area contributed by atoms with Gasteiger partial charge in [0.1, 0.15) is 11.5 Å². The van der Waals surface area contributed by atoms with E-state index in [4.69, 9.17) is 29.4 Å². The second kappa shape index (κ2) is 20.2. The predicted octanol–water partition coefficient (Wildman–Crippen LogP) is 6.51. The number of anilines is 3. The molecule has 1 aromatic heterocycles. The van der Waals surface area contributed by atoms with Gasteiger partial charge in [-0.25, -0.2) is 9.78 Å². The Morgan fingerprint density at radius 2 is 1.38 bits per heavy atom. The van der Waals surface area contributed by atoms with Gasteiger partial charge in [0.15, 0.2) is 11.6 Å². The van der Waals surface area contributed by atoms with Crippen molar-refractivity contribution in [2.24, 2.45) is 0 Å². The molecule has 14 nitrogen and oxygen atoms in total. The molecule has 0 aliphatic carbocycles. The van der Waals surface area contributed by atoms with Crippen molar-refractivity contribution in [3.05, 3.63) is 99.5 Å². The number of nitro benzene ring substituents is 1. The number of urea groups is 1. The van der Waals surface area contributed by atoms with E-state index in [0.29, 0.717) is 53.0 Å². The summed E-state index contributed by atoms with van der Waals surface area (Å²) in [4.78, 5) is 30.1. The molecule has 0 atom stereocenters. The molecular weight excluding hydrogens is 676 g/mol. The summed E-state index contributed by atoms with van der Waals surface area (Å²) < 4.78 is 25.2.